The normalized spacial score (nSPS) is 16.0. The molecule has 2 heterocycles. The van der Waals surface area contributed by atoms with Crippen LogP contribution in [-0.4, -0.2) is 11.1 Å². The molecule has 0 spiro atoms. The lowest BCUT2D eigenvalue weighted by Gasteiger charge is -2.11. The number of imide groups is 1. The fourth-order valence-electron chi connectivity index (χ4n) is 2.84. The fraction of sp³-hybridized carbons (Fsp3) is 0.0476. The van der Waals surface area contributed by atoms with Crippen molar-refractivity contribution < 1.29 is 27.2 Å². The van der Waals surface area contributed by atoms with E-state index in [1.54, 1.807) is 24.3 Å². The van der Waals surface area contributed by atoms with E-state index < -0.39 is 22.9 Å². The molecule has 1 aliphatic rings. The first-order valence-electron chi connectivity index (χ1n) is 8.53. The number of alkyl halides is 3. The maximum absolute atomic E-state index is 12.9. The highest BCUT2D eigenvalue weighted by Gasteiger charge is 2.36. The minimum atomic E-state index is -4.47. The van der Waals surface area contributed by atoms with Crippen LogP contribution in [0.5, 0.6) is 0 Å². The first kappa shape index (κ1) is 20.3. The molecule has 0 N–H and O–H groups in total. The number of carbonyl (C=O) groups excluding carboxylic acids is 2. The van der Waals surface area contributed by atoms with Gasteiger partial charge in [-0.1, -0.05) is 23.7 Å². The van der Waals surface area contributed by atoms with Gasteiger partial charge < -0.3 is 4.42 Å². The molecular formula is C21H11ClF3NO3S. The monoisotopic (exact) mass is 449 g/mol. The van der Waals surface area contributed by atoms with Crippen LogP contribution >= 0.6 is 23.4 Å². The molecule has 0 atom stereocenters. The third kappa shape index (κ3) is 4.01. The lowest BCUT2D eigenvalue weighted by Crippen LogP contribution is -2.27. The van der Waals surface area contributed by atoms with Gasteiger partial charge in [0.05, 0.1) is 16.2 Å². The predicted molar refractivity (Wildman–Crippen MR) is 109 cm³/mol. The van der Waals surface area contributed by atoms with Crippen molar-refractivity contribution in [2.45, 2.75) is 6.18 Å². The average molecular weight is 450 g/mol. The van der Waals surface area contributed by atoms with Crippen LogP contribution in [0.2, 0.25) is 5.02 Å². The molecule has 0 aliphatic carbocycles. The summed E-state index contributed by atoms with van der Waals surface area (Å²) in [5, 5.41) is -0.00259. The largest absolute Gasteiger partial charge is 0.457 e. The van der Waals surface area contributed by atoms with Crippen molar-refractivity contribution in [3.8, 4) is 11.3 Å². The van der Waals surface area contributed by atoms with Crippen molar-refractivity contribution in [1.82, 2.24) is 0 Å². The summed E-state index contributed by atoms with van der Waals surface area (Å²) >= 11 is 6.58. The zero-order valence-electron chi connectivity index (χ0n) is 14.9. The van der Waals surface area contributed by atoms with Gasteiger partial charge in [-0.15, -0.1) is 0 Å². The number of benzene rings is 2. The third-order valence-corrected chi connectivity index (χ3v) is 5.37. The molecule has 2 amide bonds. The second kappa shape index (κ2) is 7.70. The third-order valence-electron chi connectivity index (χ3n) is 4.25. The second-order valence-electron chi connectivity index (χ2n) is 6.27. The summed E-state index contributed by atoms with van der Waals surface area (Å²) in [6, 6.07) is 14.0. The molecule has 0 bridgehead atoms. The smallest absolute Gasteiger partial charge is 0.416 e. The number of carbonyl (C=O) groups is 2. The molecule has 0 unspecified atom stereocenters. The van der Waals surface area contributed by atoms with E-state index >= 15 is 0 Å². The topological polar surface area (TPSA) is 50.5 Å². The van der Waals surface area contributed by atoms with Crippen molar-refractivity contribution in [2.24, 2.45) is 0 Å². The first-order chi connectivity index (χ1) is 14.2. The van der Waals surface area contributed by atoms with Gasteiger partial charge in [0.1, 0.15) is 11.5 Å². The number of anilines is 1. The SMILES string of the molecule is O=C1S/C(=C/c2ccc(-c3cccc(C(F)(F)F)c3)o2)C(=O)N1c1ccc(Cl)cc1. The van der Waals surface area contributed by atoms with E-state index in [1.165, 1.54) is 30.3 Å². The van der Waals surface area contributed by atoms with Crippen LogP contribution in [0.25, 0.3) is 17.4 Å². The van der Waals surface area contributed by atoms with Crippen LogP contribution in [0.3, 0.4) is 0 Å². The van der Waals surface area contributed by atoms with Crippen LogP contribution in [-0.2, 0) is 11.0 Å². The van der Waals surface area contributed by atoms with E-state index in [9.17, 15) is 22.8 Å². The Morgan fingerprint density at radius 1 is 1.00 bits per heavy atom. The van der Waals surface area contributed by atoms with Crippen molar-refractivity contribution >= 4 is 46.3 Å². The summed E-state index contributed by atoms with van der Waals surface area (Å²) < 4.78 is 44.3. The second-order valence-corrected chi connectivity index (χ2v) is 7.70. The van der Waals surface area contributed by atoms with Gasteiger partial charge in [0.25, 0.3) is 11.1 Å². The number of rotatable bonds is 3. The summed E-state index contributed by atoms with van der Waals surface area (Å²) in [5.74, 6) is -0.0716. The van der Waals surface area contributed by atoms with E-state index in [-0.39, 0.29) is 22.0 Å². The van der Waals surface area contributed by atoms with Gasteiger partial charge in [0.2, 0.25) is 0 Å². The van der Waals surface area contributed by atoms with E-state index in [4.69, 9.17) is 16.0 Å². The molecule has 2 aromatic carbocycles. The maximum Gasteiger partial charge on any atom is 0.416 e. The zero-order chi connectivity index (χ0) is 21.5. The molecule has 4 nitrogen and oxygen atoms in total. The van der Waals surface area contributed by atoms with Crippen LogP contribution in [0.1, 0.15) is 11.3 Å². The lowest BCUT2D eigenvalue weighted by molar-refractivity contribution is -0.137. The number of nitrogens with zero attached hydrogens (tertiary/aromatic N) is 1. The molecule has 4 rings (SSSR count). The van der Waals surface area contributed by atoms with Crippen molar-refractivity contribution in [3.05, 3.63) is 81.9 Å². The molecule has 1 aromatic heterocycles. The Balaban J connectivity index is 1.60. The predicted octanol–water partition coefficient (Wildman–Crippen LogP) is 6.86. The minimum absolute atomic E-state index is 0.139. The van der Waals surface area contributed by atoms with Crippen LogP contribution in [0, 0.1) is 0 Å². The van der Waals surface area contributed by atoms with Crippen LogP contribution < -0.4 is 4.90 Å². The van der Waals surface area contributed by atoms with Crippen LogP contribution in [0.15, 0.2) is 70.0 Å². The van der Waals surface area contributed by atoms with Crippen molar-refractivity contribution in [1.29, 1.82) is 0 Å². The molecule has 152 valence electrons. The quantitative estimate of drug-likeness (QED) is 0.410. The van der Waals surface area contributed by atoms with Gasteiger partial charge >= 0.3 is 6.18 Å². The molecule has 30 heavy (non-hydrogen) atoms. The summed E-state index contributed by atoms with van der Waals surface area (Å²) in [4.78, 5) is 26.1. The standard InChI is InChI=1S/C21H11ClF3NO3S/c22-14-4-6-15(7-5-14)26-19(27)18(30-20(26)28)11-16-8-9-17(29-16)12-2-1-3-13(10-12)21(23,24)25/h1-11H/b18-11+. The van der Waals surface area contributed by atoms with Crippen molar-refractivity contribution in [3.63, 3.8) is 0 Å². The highest BCUT2D eigenvalue weighted by Crippen LogP contribution is 2.37. The summed E-state index contributed by atoms with van der Waals surface area (Å²) in [6.45, 7) is 0. The number of halogens is 4. The Morgan fingerprint density at radius 3 is 2.43 bits per heavy atom. The highest BCUT2D eigenvalue weighted by molar-refractivity contribution is 8.19. The molecule has 0 saturated carbocycles. The van der Waals surface area contributed by atoms with Gasteiger partial charge in [-0.2, -0.15) is 13.2 Å². The average Bonchev–Trinajstić information content (AvgIpc) is 3.27. The Morgan fingerprint density at radius 2 is 1.73 bits per heavy atom. The number of furan rings is 1. The van der Waals surface area contributed by atoms with E-state index in [0.29, 0.717) is 10.7 Å². The molecule has 9 heteroatoms. The van der Waals surface area contributed by atoms with Gasteiger partial charge in [-0.3, -0.25) is 9.59 Å². The van der Waals surface area contributed by atoms with E-state index in [1.807, 2.05) is 0 Å². The number of amides is 2. The molecular weight excluding hydrogens is 439 g/mol. The van der Waals surface area contributed by atoms with Crippen molar-refractivity contribution in [2.75, 3.05) is 4.90 Å². The maximum atomic E-state index is 12.9. The summed E-state index contributed by atoms with van der Waals surface area (Å²) in [5.41, 5.74) is -0.157. The number of hydrogen-bond donors (Lipinski definition) is 0. The molecule has 0 radical (unpaired) electrons. The highest BCUT2D eigenvalue weighted by atomic mass is 35.5. The molecule has 3 aromatic rings. The first-order valence-corrected chi connectivity index (χ1v) is 9.73. The van der Waals surface area contributed by atoms with Crippen LogP contribution in [0.4, 0.5) is 23.7 Å². The Hall–Kier alpha value is -2.97. The van der Waals surface area contributed by atoms with Gasteiger partial charge in [-0.05, 0) is 60.3 Å². The molecule has 1 aliphatic heterocycles. The van der Waals surface area contributed by atoms with Gasteiger partial charge in [0, 0.05) is 16.7 Å². The Kier molecular flexibility index (Phi) is 5.21. The zero-order valence-corrected chi connectivity index (χ0v) is 16.5. The fourth-order valence-corrected chi connectivity index (χ4v) is 3.79. The summed E-state index contributed by atoms with van der Waals surface area (Å²) in [7, 11) is 0. The Bertz CT molecular complexity index is 1170. The van der Waals surface area contributed by atoms with E-state index in [0.717, 1.165) is 28.8 Å². The van der Waals surface area contributed by atoms with Gasteiger partial charge in [0.15, 0.2) is 0 Å². The number of hydrogen-bond acceptors (Lipinski definition) is 4. The Labute approximate surface area is 177 Å². The summed E-state index contributed by atoms with van der Waals surface area (Å²) in [6.07, 6.45) is -3.08. The molecule has 1 saturated heterocycles. The van der Waals surface area contributed by atoms with Gasteiger partial charge in [-0.25, -0.2) is 4.90 Å². The lowest BCUT2D eigenvalue weighted by atomic mass is 10.1. The minimum Gasteiger partial charge on any atom is -0.457 e. The van der Waals surface area contributed by atoms with E-state index in [2.05, 4.69) is 0 Å². The number of thioether (sulfide) groups is 1. The molecule has 1 fully saturated rings.